The van der Waals surface area contributed by atoms with Crippen LogP contribution in [0.25, 0.3) is 11.0 Å². The fourth-order valence-electron chi connectivity index (χ4n) is 4.88. The smallest absolute Gasteiger partial charge is 0.360 e. The molecule has 1 fully saturated rings. The van der Waals surface area contributed by atoms with E-state index in [2.05, 4.69) is 4.98 Å². The number of anilines is 1. The lowest BCUT2D eigenvalue weighted by molar-refractivity contribution is 0.0520. The lowest BCUT2D eigenvalue weighted by Gasteiger charge is -2.26. The Hall–Kier alpha value is -3.04. The topological polar surface area (TPSA) is 92.7 Å². The van der Waals surface area contributed by atoms with Crippen molar-refractivity contribution in [2.45, 2.75) is 52.9 Å². The molecule has 192 valence electrons. The number of hydrogen-bond donors (Lipinski definition) is 0. The van der Waals surface area contributed by atoms with Gasteiger partial charge in [-0.15, -0.1) is 0 Å². The monoisotopic (exact) mass is 510 g/mol. The molecule has 1 aliphatic rings. The van der Waals surface area contributed by atoms with Crippen LogP contribution >= 0.6 is 0 Å². The molecule has 0 atom stereocenters. The number of sulfonamides is 1. The van der Waals surface area contributed by atoms with E-state index in [9.17, 15) is 13.2 Å². The maximum Gasteiger partial charge on any atom is 0.360 e. The summed E-state index contributed by atoms with van der Waals surface area (Å²) in [5, 5.41) is 0. The zero-order valence-corrected chi connectivity index (χ0v) is 22.7. The Morgan fingerprint density at radius 2 is 1.44 bits per heavy atom. The van der Waals surface area contributed by atoms with Crippen LogP contribution in [0.5, 0.6) is 0 Å². The molecule has 9 heteroatoms. The highest BCUT2D eigenvalue weighted by Gasteiger charge is 2.32. The Morgan fingerprint density at radius 1 is 0.861 bits per heavy atom. The van der Waals surface area contributed by atoms with Crippen molar-refractivity contribution in [2.75, 3.05) is 37.7 Å². The van der Waals surface area contributed by atoms with Crippen LogP contribution in [0, 0.1) is 34.6 Å². The number of para-hydroxylation sites is 2. The van der Waals surface area contributed by atoms with E-state index in [4.69, 9.17) is 9.72 Å². The van der Waals surface area contributed by atoms with Gasteiger partial charge in [0.2, 0.25) is 10.0 Å². The first kappa shape index (κ1) is 26.0. The number of rotatable bonds is 5. The maximum absolute atomic E-state index is 13.9. The summed E-state index contributed by atoms with van der Waals surface area (Å²) in [6.07, 6.45) is 0.595. The number of benzene rings is 2. The first-order chi connectivity index (χ1) is 17.1. The minimum atomic E-state index is -3.70. The molecule has 2 aromatic carbocycles. The molecule has 1 aromatic heterocycles. The predicted octanol–water partition coefficient (Wildman–Crippen LogP) is 4.25. The lowest BCUT2D eigenvalue weighted by Crippen LogP contribution is -2.36. The molecule has 0 radical (unpaired) electrons. The average molecular weight is 511 g/mol. The lowest BCUT2D eigenvalue weighted by atomic mass is 9.95. The third-order valence-corrected chi connectivity index (χ3v) is 9.48. The van der Waals surface area contributed by atoms with E-state index >= 15 is 0 Å². The SMILES string of the molecule is CCOC(=O)c1nc2ccccc2nc1N1CCCN(S(=O)(=O)c2c(C)c(C)c(C)c(C)c2C)CC1. The van der Waals surface area contributed by atoms with Crippen LogP contribution < -0.4 is 4.90 Å². The van der Waals surface area contributed by atoms with Crippen molar-refractivity contribution in [2.24, 2.45) is 0 Å². The van der Waals surface area contributed by atoms with Crippen LogP contribution in [0.3, 0.4) is 0 Å². The highest BCUT2D eigenvalue weighted by Crippen LogP contribution is 2.32. The van der Waals surface area contributed by atoms with Crippen LogP contribution in [-0.4, -0.2) is 61.4 Å². The second-order valence-electron chi connectivity index (χ2n) is 9.30. The third-order valence-electron chi connectivity index (χ3n) is 7.30. The van der Waals surface area contributed by atoms with Crippen molar-refractivity contribution in [1.82, 2.24) is 14.3 Å². The molecular formula is C27H34N4O4S. The van der Waals surface area contributed by atoms with Crippen molar-refractivity contribution in [3.63, 3.8) is 0 Å². The van der Waals surface area contributed by atoms with Crippen molar-refractivity contribution >= 4 is 32.8 Å². The van der Waals surface area contributed by atoms with Gasteiger partial charge in [-0.1, -0.05) is 12.1 Å². The van der Waals surface area contributed by atoms with Gasteiger partial charge < -0.3 is 9.64 Å². The van der Waals surface area contributed by atoms with Gasteiger partial charge in [0.05, 0.1) is 22.5 Å². The molecule has 36 heavy (non-hydrogen) atoms. The van der Waals surface area contributed by atoms with E-state index in [-0.39, 0.29) is 18.8 Å². The highest BCUT2D eigenvalue weighted by atomic mass is 32.2. The van der Waals surface area contributed by atoms with E-state index in [1.807, 2.05) is 63.8 Å². The number of carbonyl (C=O) groups excluding carboxylic acids is 1. The largest absolute Gasteiger partial charge is 0.461 e. The Balaban J connectivity index is 1.69. The molecular weight excluding hydrogens is 476 g/mol. The summed E-state index contributed by atoms with van der Waals surface area (Å²) in [7, 11) is -3.70. The van der Waals surface area contributed by atoms with Crippen LogP contribution in [0.15, 0.2) is 29.2 Å². The van der Waals surface area contributed by atoms with Gasteiger partial charge in [-0.3, -0.25) is 0 Å². The fourth-order valence-corrected chi connectivity index (χ4v) is 6.90. The van der Waals surface area contributed by atoms with Gasteiger partial charge in [-0.25, -0.2) is 23.2 Å². The standard InChI is InChI=1S/C27H34N4O4S/c1-7-35-27(32)24-26(29-23-12-9-8-11-22(23)28-24)30-13-10-14-31(16-15-30)36(33,34)25-20(5)18(3)17(2)19(4)21(25)6/h8-9,11-12H,7,10,13-16H2,1-6H3. The fraction of sp³-hybridized carbons (Fsp3) is 0.444. The molecule has 1 saturated heterocycles. The minimum absolute atomic E-state index is 0.156. The number of esters is 1. The third kappa shape index (κ3) is 4.57. The van der Waals surface area contributed by atoms with E-state index in [1.165, 1.54) is 0 Å². The summed E-state index contributed by atoms with van der Waals surface area (Å²) < 4.78 is 34.6. The Labute approximate surface area is 213 Å². The predicted molar refractivity (Wildman–Crippen MR) is 141 cm³/mol. The quantitative estimate of drug-likeness (QED) is 0.474. The van der Waals surface area contributed by atoms with Crippen LogP contribution in [0.1, 0.15) is 51.7 Å². The molecule has 2 heterocycles. The van der Waals surface area contributed by atoms with E-state index in [1.54, 1.807) is 11.2 Å². The molecule has 0 N–H and O–H groups in total. The molecule has 0 bridgehead atoms. The second kappa shape index (κ2) is 10.1. The molecule has 0 saturated carbocycles. The molecule has 0 aliphatic carbocycles. The van der Waals surface area contributed by atoms with Gasteiger partial charge in [0, 0.05) is 26.2 Å². The zero-order valence-electron chi connectivity index (χ0n) is 21.9. The number of carbonyl (C=O) groups is 1. The van der Waals surface area contributed by atoms with E-state index < -0.39 is 16.0 Å². The molecule has 0 spiro atoms. The summed E-state index contributed by atoms with van der Waals surface area (Å²) in [6, 6.07) is 7.38. The average Bonchev–Trinajstić information content (AvgIpc) is 3.12. The maximum atomic E-state index is 13.9. The summed E-state index contributed by atoms with van der Waals surface area (Å²) in [5.74, 6) is -0.0999. The zero-order chi connectivity index (χ0) is 26.2. The highest BCUT2D eigenvalue weighted by molar-refractivity contribution is 7.89. The van der Waals surface area contributed by atoms with Gasteiger partial charge in [-0.05, 0) is 87.9 Å². The summed E-state index contributed by atoms with van der Waals surface area (Å²) in [6.45, 7) is 13.4. The molecule has 3 aromatic rings. The Morgan fingerprint density at radius 3 is 2.06 bits per heavy atom. The van der Waals surface area contributed by atoms with Gasteiger partial charge in [0.1, 0.15) is 0 Å². The molecule has 8 nitrogen and oxygen atoms in total. The minimum Gasteiger partial charge on any atom is -0.461 e. The number of nitrogens with zero attached hydrogens (tertiary/aromatic N) is 4. The summed E-state index contributed by atoms with van der Waals surface area (Å²) in [4.78, 5) is 24.4. The van der Waals surface area contributed by atoms with Gasteiger partial charge in [-0.2, -0.15) is 4.31 Å². The first-order valence-electron chi connectivity index (χ1n) is 12.3. The van der Waals surface area contributed by atoms with E-state index in [0.717, 1.165) is 27.8 Å². The normalized spacial score (nSPS) is 15.2. The van der Waals surface area contributed by atoms with Crippen molar-refractivity contribution in [1.29, 1.82) is 0 Å². The number of fused-ring (bicyclic) bond motifs is 1. The van der Waals surface area contributed by atoms with Gasteiger partial charge in [0.25, 0.3) is 0 Å². The van der Waals surface area contributed by atoms with Crippen LogP contribution in [-0.2, 0) is 14.8 Å². The second-order valence-corrected chi connectivity index (χ2v) is 11.2. The number of hydrogen-bond acceptors (Lipinski definition) is 7. The van der Waals surface area contributed by atoms with Gasteiger partial charge >= 0.3 is 5.97 Å². The molecule has 0 amide bonds. The Kier molecular flexibility index (Phi) is 7.33. The van der Waals surface area contributed by atoms with Crippen LogP contribution in [0.4, 0.5) is 5.82 Å². The molecule has 1 aliphatic heterocycles. The van der Waals surface area contributed by atoms with Crippen LogP contribution in [0.2, 0.25) is 0 Å². The summed E-state index contributed by atoms with van der Waals surface area (Å²) in [5.41, 5.74) is 6.21. The Bertz CT molecular complexity index is 1410. The van der Waals surface area contributed by atoms with Crippen molar-refractivity contribution in [3.8, 4) is 0 Å². The molecule has 4 rings (SSSR count). The number of aromatic nitrogens is 2. The number of ether oxygens (including phenoxy) is 1. The van der Waals surface area contributed by atoms with Crippen molar-refractivity contribution in [3.05, 3.63) is 57.8 Å². The summed E-state index contributed by atoms with van der Waals surface area (Å²) >= 11 is 0. The van der Waals surface area contributed by atoms with Crippen molar-refractivity contribution < 1.29 is 17.9 Å². The molecule has 0 unspecified atom stereocenters. The first-order valence-corrected chi connectivity index (χ1v) is 13.8. The van der Waals surface area contributed by atoms with Gasteiger partial charge in [0.15, 0.2) is 11.5 Å². The van der Waals surface area contributed by atoms with E-state index in [0.29, 0.717) is 47.8 Å².